The maximum atomic E-state index is 13.3. The van der Waals surface area contributed by atoms with E-state index in [1.54, 1.807) is 11.8 Å². The van der Waals surface area contributed by atoms with Crippen LogP contribution in [0, 0.1) is 0 Å². The molecule has 1 fully saturated rings. The topological polar surface area (TPSA) is 17.1 Å². The smallest absolute Gasteiger partial charge is 0.180 e. The number of rotatable bonds is 10. The van der Waals surface area contributed by atoms with E-state index in [2.05, 4.69) is 77.8 Å². The van der Waals surface area contributed by atoms with Gasteiger partial charge in [-0.1, -0.05) is 91.0 Å². The second kappa shape index (κ2) is 12.3. The predicted octanol–water partition coefficient (Wildman–Crippen LogP) is 8.15. The molecule has 0 spiro atoms. The molecule has 1 atom stereocenters. The molecule has 3 aromatic rings. The molecule has 0 saturated carbocycles. The van der Waals surface area contributed by atoms with Crippen LogP contribution in [0.2, 0.25) is 0 Å². The molecule has 1 nitrogen and oxygen atoms in total. The molecule has 1 saturated heterocycles. The average molecular weight is 497 g/mol. The molecular formula is C27H28OS4. The van der Waals surface area contributed by atoms with E-state index in [1.807, 2.05) is 48.5 Å². The summed E-state index contributed by atoms with van der Waals surface area (Å²) in [4.78, 5) is 13.3. The normalized spacial score (nSPS) is 16.4. The summed E-state index contributed by atoms with van der Waals surface area (Å²) in [5.41, 5.74) is 3.31. The van der Waals surface area contributed by atoms with Crippen molar-refractivity contribution < 1.29 is 4.79 Å². The Morgan fingerprint density at radius 3 is 2.06 bits per heavy atom. The Bertz CT molecular complexity index is 957. The largest absolute Gasteiger partial charge is 0.293 e. The summed E-state index contributed by atoms with van der Waals surface area (Å²) in [5.74, 6) is 4.74. The van der Waals surface area contributed by atoms with E-state index in [0.717, 1.165) is 29.1 Å². The molecule has 1 aliphatic rings. The van der Waals surface area contributed by atoms with Crippen LogP contribution < -0.4 is 0 Å². The maximum Gasteiger partial charge on any atom is 0.180 e. The Morgan fingerprint density at radius 1 is 0.812 bits per heavy atom. The third kappa shape index (κ3) is 6.19. The highest BCUT2D eigenvalue weighted by Gasteiger charge is 2.36. The molecule has 166 valence electrons. The summed E-state index contributed by atoms with van der Waals surface area (Å²) in [7, 11) is 0. The molecule has 4 rings (SSSR count). The average Bonchev–Trinajstić information content (AvgIpc) is 2.88. The lowest BCUT2D eigenvalue weighted by molar-refractivity contribution is 0.0989. The van der Waals surface area contributed by atoms with Crippen LogP contribution in [-0.4, -0.2) is 28.8 Å². The Kier molecular flexibility index (Phi) is 9.15. The molecule has 0 aliphatic carbocycles. The number of carbonyl (C=O) groups excluding carboxylic acids is 1. The zero-order chi connectivity index (χ0) is 22.1. The minimum absolute atomic E-state index is 0.114. The fourth-order valence-electron chi connectivity index (χ4n) is 3.66. The second-order valence-electron chi connectivity index (χ2n) is 7.57. The van der Waals surface area contributed by atoms with Gasteiger partial charge < -0.3 is 0 Å². The first-order chi connectivity index (χ1) is 15.8. The van der Waals surface area contributed by atoms with Crippen LogP contribution in [0.1, 0.15) is 39.6 Å². The lowest BCUT2D eigenvalue weighted by Crippen LogP contribution is -2.19. The second-order valence-corrected chi connectivity index (χ2v) is 13.5. The van der Waals surface area contributed by atoms with Gasteiger partial charge in [0.2, 0.25) is 0 Å². The Morgan fingerprint density at radius 2 is 1.41 bits per heavy atom. The van der Waals surface area contributed by atoms with Crippen LogP contribution in [0.3, 0.4) is 0 Å². The zero-order valence-electron chi connectivity index (χ0n) is 18.0. The summed E-state index contributed by atoms with van der Waals surface area (Å²) in [6.45, 7) is 0. The van der Waals surface area contributed by atoms with E-state index in [4.69, 9.17) is 0 Å². The van der Waals surface area contributed by atoms with Crippen molar-refractivity contribution in [3.63, 3.8) is 0 Å². The molecule has 5 heteroatoms. The van der Waals surface area contributed by atoms with Crippen molar-refractivity contribution in [2.24, 2.45) is 0 Å². The molecule has 0 N–H and O–H groups in total. The highest BCUT2D eigenvalue weighted by Crippen LogP contribution is 2.58. The number of hydrogen-bond donors (Lipinski definition) is 0. The Labute approximate surface area is 208 Å². The van der Waals surface area contributed by atoms with E-state index in [9.17, 15) is 4.79 Å². The fourth-order valence-corrected chi connectivity index (χ4v) is 10.3. The quantitative estimate of drug-likeness (QED) is 0.207. The van der Waals surface area contributed by atoms with Crippen molar-refractivity contribution in [2.45, 2.75) is 21.5 Å². The lowest BCUT2D eigenvalue weighted by Gasteiger charge is -2.36. The molecule has 32 heavy (non-hydrogen) atoms. The van der Waals surface area contributed by atoms with Crippen molar-refractivity contribution in [3.8, 4) is 0 Å². The van der Waals surface area contributed by atoms with Crippen molar-refractivity contribution in [2.75, 3.05) is 23.0 Å². The lowest BCUT2D eigenvalue weighted by atomic mass is 10.0. The van der Waals surface area contributed by atoms with Gasteiger partial charge in [-0.15, -0.1) is 47.0 Å². The van der Waals surface area contributed by atoms with Gasteiger partial charge in [0.15, 0.2) is 5.78 Å². The Balaban J connectivity index is 1.37. The first-order valence-electron chi connectivity index (χ1n) is 11.0. The van der Waals surface area contributed by atoms with Gasteiger partial charge in [-0.25, -0.2) is 0 Å². The van der Waals surface area contributed by atoms with Gasteiger partial charge >= 0.3 is 0 Å². The van der Waals surface area contributed by atoms with Gasteiger partial charge in [0.1, 0.15) is 3.41 Å². The first kappa shape index (κ1) is 23.9. The third-order valence-corrected chi connectivity index (χ3v) is 12.1. The van der Waals surface area contributed by atoms with Gasteiger partial charge in [0.25, 0.3) is 0 Å². The van der Waals surface area contributed by atoms with Crippen molar-refractivity contribution in [1.82, 2.24) is 0 Å². The molecule has 1 aliphatic heterocycles. The molecule has 1 unspecified atom stereocenters. The van der Waals surface area contributed by atoms with Crippen LogP contribution in [0.5, 0.6) is 0 Å². The van der Waals surface area contributed by atoms with Crippen molar-refractivity contribution in [1.29, 1.82) is 0 Å². The third-order valence-electron chi connectivity index (χ3n) is 5.26. The van der Waals surface area contributed by atoms with Crippen molar-refractivity contribution in [3.05, 3.63) is 108 Å². The van der Waals surface area contributed by atoms with Gasteiger partial charge in [-0.05, 0) is 47.0 Å². The minimum Gasteiger partial charge on any atom is -0.293 e. The molecule has 0 aromatic heterocycles. The van der Waals surface area contributed by atoms with Crippen LogP contribution in [0.15, 0.2) is 91.0 Å². The number of thioether (sulfide) groups is 4. The summed E-state index contributed by atoms with van der Waals surface area (Å²) < 4.78 is 0.114. The van der Waals surface area contributed by atoms with E-state index in [-0.39, 0.29) is 14.4 Å². The predicted molar refractivity (Wildman–Crippen MR) is 147 cm³/mol. The monoisotopic (exact) mass is 496 g/mol. The zero-order valence-corrected chi connectivity index (χ0v) is 21.3. The molecular weight excluding hydrogens is 469 g/mol. The maximum absolute atomic E-state index is 13.3. The number of carbonyl (C=O) groups is 1. The van der Waals surface area contributed by atoms with Crippen LogP contribution in [-0.2, 0) is 3.41 Å². The standard InChI is InChI=1S/C27H28OS4/c28-25(22-12-4-1-5-13-22)26(23-14-6-2-7-15-23)29-18-10-19-30-27(31-20-11-21-32-27)24-16-8-3-9-17-24/h1-9,12-17,26H,10-11,18-21H2. The summed E-state index contributed by atoms with van der Waals surface area (Å²) in [5, 5.41) is -0.148. The highest BCUT2D eigenvalue weighted by molar-refractivity contribution is 8.33. The van der Waals surface area contributed by atoms with E-state index in [0.29, 0.717) is 0 Å². The Hall–Kier alpha value is -1.27. The van der Waals surface area contributed by atoms with Crippen LogP contribution >= 0.6 is 47.0 Å². The van der Waals surface area contributed by atoms with Gasteiger partial charge in [-0.3, -0.25) is 4.79 Å². The molecule has 1 heterocycles. The highest BCUT2D eigenvalue weighted by atomic mass is 32.3. The SMILES string of the molecule is O=C(c1ccccc1)C(SCCCSC1(c2ccccc2)SCCCS1)c1ccccc1. The van der Waals surface area contributed by atoms with Crippen molar-refractivity contribution >= 4 is 52.8 Å². The van der Waals surface area contributed by atoms with Gasteiger partial charge in [0.05, 0.1) is 5.25 Å². The van der Waals surface area contributed by atoms with E-state index >= 15 is 0 Å². The summed E-state index contributed by atoms with van der Waals surface area (Å²) in [6.07, 6.45) is 2.39. The van der Waals surface area contributed by atoms with Crippen LogP contribution in [0.25, 0.3) is 0 Å². The fraction of sp³-hybridized carbons (Fsp3) is 0.296. The summed E-state index contributed by atoms with van der Waals surface area (Å²) >= 11 is 8.04. The van der Waals surface area contributed by atoms with E-state index in [1.165, 1.54) is 23.5 Å². The first-order valence-corrected chi connectivity index (χ1v) is 15.0. The summed E-state index contributed by atoms with van der Waals surface area (Å²) in [6, 6.07) is 30.9. The minimum atomic E-state index is -0.148. The van der Waals surface area contributed by atoms with E-state index < -0.39 is 0 Å². The molecule has 3 aromatic carbocycles. The molecule has 0 amide bonds. The molecule has 0 radical (unpaired) electrons. The number of Topliss-reactive ketones (excluding diaryl/α,β-unsaturated/α-hetero) is 1. The van der Waals surface area contributed by atoms with Gasteiger partial charge in [-0.2, -0.15) is 0 Å². The number of ketones is 1. The number of hydrogen-bond acceptors (Lipinski definition) is 5. The number of benzene rings is 3. The molecule has 0 bridgehead atoms. The van der Waals surface area contributed by atoms with Gasteiger partial charge in [0, 0.05) is 5.56 Å². The van der Waals surface area contributed by atoms with Crippen LogP contribution in [0.4, 0.5) is 0 Å².